The van der Waals surface area contributed by atoms with E-state index in [9.17, 15) is 0 Å². The highest BCUT2D eigenvalue weighted by atomic mass is 16.5. The van der Waals surface area contributed by atoms with Gasteiger partial charge in [-0.15, -0.1) is 0 Å². The van der Waals surface area contributed by atoms with E-state index in [1.165, 1.54) is 0 Å². The summed E-state index contributed by atoms with van der Waals surface area (Å²) >= 11 is 0. The molecule has 0 aromatic carbocycles. The fraction of sp³-hybridized carbons (Fsp3) is 1.00. The van der Waals surface area contributed by atoms with Gasteiger partial charge >= 0.3 is 0 Å². The first-order valence-electron chi connectivity index (χ1n) is 2.51. The van der Waals surface area contributed by atoms with Crippen LogP contribution in [0.25, 0.3) is 0 Å². The molecule has 1 saturated carbocycles. The van der Waals surface area contributed by atoms with E-state index >= 15 is 0 Å². The summed E-state index contributed by atoms with van der Waals surface area (Å²) in [7, 11) is 0. The molecule has 0 bridgehead atoms. The molecule has 0 spiro atoms. The van der Waals surface area contributed by atoms with E-state index in [1.807, 2.05) is 13.8 Å². The lowest BCUT2D eigenvalue weighted by atomic mass is 10.4. The van der Waals surface area contributed by atoms with E-state index in [2.05, 4.69) is 0 Å². The Balaban J connectivity index is 2.52. The largest absolute Gasteiger partial charge is 0.365 e. The third kappa shape index (κ3) is 0.469. The van der Waals surface area contributed by atoms with Crippen LogP contribution in [0.5, 0.6) is 0 Å². The lowest BCUT2D eigenvalue weighted by Crippen LogP contribution is -2.08. The van der Waals surface area contributed by atoms with Gasteiger partial charge in [-0.2, -0.15) is 0 Å². The van der Waals surface area contributed by atoms with Crippen molar-refractivity contribution in [2.24, 2.45) is 11.8 Å². The summed E-state index contributed by atoms with van der Waals surface area (Å²) in [6.07, 6.45) is 0. The zero-order valence-corrected chi connectivity index (χ0v) is 4.55. The molecule has 1 rings (SSSR count). The van der Waals surface area contributed by atoms with Gasteiger partial charge in [-0.25, -0.2) is 0 Å². The molecule has 2 atom stereocenters. The van der Waals surface area contributed by atoms with E-state index in [0.717, 1.165) is 0 Å². The average Bonchev–Trinajstić information content (AvgIpc) is 1.91. The van der Waals surface area contributed by atoms with E-state index in [-0.39, 0.29) is 11.8 Å². The smallest absolute Gasteiger partial charge is 0.168 e. The first-order chi connectivity index (χ1) is 3.07. The summed E-state index contributed by atoms with van der Waals surface area (Å²) in [5.74, 6) is -1.18. The maximum Gasteiger partial charge on any atom is 0.168 e. The van der Waals surface area contributed by atoms with Crippen molar-refractivity contribution in [1.82, 2.24) is 0 Å². The minimum absolute atomic E-state index is 0.0764. The lowest BCUT2D eigenvalue weighted by Gasteiger charge is -1.93. The Morgan fingerprint density at radius 3 is 1.29 bits per heavy atom. The quantitative estimate of drug-likeness (QED) is 0.421. The van der Waals surface area contributed by atoms with Crippen LogP contribution in [0.4, 0.5) is 0 Å². The van der Waals surface area contributed by atoms with Crippen molar-refractivity contribution >= 4 is 0 Å². The SMILES string of the molecule is CC1C(C)C1(O)O. The Bertz CT molecular complexity index is 78.1. The lowest BCUT2D eigenvalue weighted by molar-refractivity contribution is -0.0902. The summed E-state index contributed by atoms with van der Waals surface area (Å²) in [5, 5.41) is 17.4. The van der Waals surface area contributed by atoms with Gasteiger partial charge in [0.15, 0.2) is 5.79 Å². The fourth-order valence-electron chi connectivity index (χ4n) is 0.732. The maximum atomic E-state index is 8.72. The third-order valence-corrected chi connectivity index (χ3v) is 1.98. The van der Waals surface area contributed by atoms with Gasteiger partial charge in [0.25, 0.3) is 0 Å². The van der Waals surface area contributed by atoms with Crippen molar-refractivity contribution in [3.8, 4) is 0 Å². The molecule has 0 radical (unpaired) electrons. The van der Waals surface area contributed by atoms with Crippen LogP contribution in [0.3, 0.4) is 0 Å². The molecule has 0 aliphatic heterocycles. The second kappa shape index (κ2) is 1.01. The Kier molecular flexibility index (Phi) is 0.730. The van der Waals surface area contributed by atoms with Gasteiger partial charge in [0.1, 0.15) is 0 Å². The van der Waals surface area contributed by atoms with Gasteiger partial charge in [-0.3, -0.25) is 0 Å². The molecule has 7 heavy (non-hydrogen) atoms. The summed E-state index contributed by atoms with van der Waals surface area (Å²) < 4.78 is 0. The van der Waals surface area contributed by atoms with Gasteiger partial charge in [-0.1, -0.05) is 13.8 Å². The number of hydrogen-bond donors (Lipinski definition) is 2. The van der Waals surface area contributed by atoms with E-state index in [1.54, 1.807) is 0 Å². The van der Waals surface area contributed by atoms with Crippen LogP contribution in [-0.2, 0) is 0 Å². The number of rotatable bonds is 0. The molecule has 0 aromatic heterocycles. The van der Waals surface area contributed by atoms with Crippen LogP contribution in [0.15, 0.2) is 0 Å². The maximum absolute atomic E-state index is 8.72. The highest BCUT2D eigenvalue weighted by Gasteiger charge is 2.57. The zero-order valence-electron chi connectivity index (χ0n) is 4.55. The molecule has 42 valence electrons. The summed E-state index contributed by atoms with van der Waals surface area (Å²) in [5.41, 5.74) is 0. The molecule has 0 aromatic rings. The first kappa shape index (κ1) is 5.06. The predicted molar refractivity (Wildman–Crippen MR) is 25.5 cm³/mol. The molecule has 0 heterocycles. The summed E-state index contributed by atoms with van der Waals surface area (Å²) in [6.45, 7) is 3.65. The zero-order chi connectivity index (χ0) is 5.65. The molecule has 2 unspecified atom stereocenters. The van der Waals surface area contributed by atoms with Crippen LogP contribution in [0.1, 0.15) is 13.8 Å². The normalized spacial score (nSPS) is 46.3. The number of hydrogen-bond acceptors (Lipinski definition) is 2. The molecular weight excluding hydrogens is 92.1 g/mol. The van der Waals surface area contributed by atoms with Gasteiger partial charge in [0.05, 0.1) is 0 Å². The molecule has 1 aliphatic carbocycles. The molecule has 1 aliphatic rings. The minimum Gasteiger partial charge on any atom is -0.365 e. The van der Waals surface area contributed by atoms with Crippen LogP contribution in [0.2, 0.25) is 0 Å². The first-order valence-corrected chi connectivity index (χ1v) is 2.51. The molecule has 2 N–H and O–H groups in total. The van der Waals surface area contributed by atoms with Crippen LogP contribution >= 0.6 is 0 Å². The topological polar surface area (TPSA) is 40.5 Å². The Hall–Kier alpha value is -0.0800. The van der Waals surface area contributed by atoms with E-state index in [4.69, 9.17) is 10.2 Å². The Morgan fingerprint density at radius 2 is 1.29 bits per heavy atom. The minimum atomic E-state index is -1.33. The monoisotopic (exact) mass is 102 g/mol. The Labute approximate surface area is 42.8 Å². The highest BCUT2D eigenvalue weighted by Crippen LogP contribution is 2.46. The number of aliphatic hydroxyl groups is 2. The second-order valence-electron chi connectivity index (χ2n) is 2.36. The van der Waals surface area contributed by atoms with E-state index in [0.29, 0.717) is 0 Å². The van der Waals surface area contributed by atoms with Gasteiger partial charge < -0.3 is 10.2 Å². The predicted octanol–water partition coefficient (Wildman–Crippen LogP) is -0.0469. The van der Waals surface area contributed by atoms with Crippen LogP contribution in [0, 0.1) is 11.8 Å². The van der Waals surface area contributed by atoms with Gasteiger partial charge in [-0.05, 0) is 0 Å². The summed E-state index contributed by atoms with van der Waals surface area (Å²) in [4.78, 5) is 0. The summed E-state index contributed by atoms with van der Waals surface area (Å²) in [6, 6.07) is 0. The third-order valence-electron chi connectivity index (χ3n) is 1.98. The van der Waals surface area contributed by atoms with Crippen LogP contribution in [-0.4, -0.2) is 16.0 Å². The molecule has 2 heteroatoms. The van der Waals surface area contributed by atoms with Crippen molar-refractivity contribution < 1.29 is 10.2 Å². The second-order valence-corrected chi connectivity index (χ2v) is 2.36. The van der Waals surface area contributed by atoms with Gasteiger partial charge in [0.2, 0.25) is 0 Å². The van der Waals surface area contributed by atoms with Crippen molar-refractivity contribution in [3.05, 3.63) is 0 Å². The molecular formula is C5H10O2. The Morgan fingerprint density at radius 1 is 1.14 bits per heavy atom. The highest BCUT2D eigenvalue weighted by molar-refractivity contribution is 4.98. The molecule has 0 amide bonds. The van der Waals surface area contributed by atoms with Crippen molar-refractivity contribution in [2.45, 2.75) is 19.6 Å². The van der Waals surface area contributed by atoms with Crippen LogP contribution < -0.4 is 0 Å². The average molecular weight is 102 g/mol. The van der Waals surface area contributed by atoms with E-state index < -0.39 is 5.79 Å². The van der Waals surface area contributed by atoms with Crippen molar-refractivity contribution in [1.29, 1.82) is 0 Å². The molecule has 2 nitrogen and oxygen atoms in total. The van der Waals surface area contributed by atoms with Crippen molar-refractivity contribution in [2.75, 3.05) is 0 Å². The molecule has 0 saturated heterocycles. The van der Waals surface area contributed by atoms with Crippen molar-refractivity contribution in [3.63, 3.8) is 0 Å². The standard InChI is InChI=1S/C5H10O2/c1-3-4(2)5(3,6)7/h3-4,6-7H,1-2H3. The molecule has 1 fully saturated rings. The van der Waals surface area contributed by atoms with Gasteiger partial charge in [0, 0.05) is 11.8 Å². The fourth-order valence-corrected chi connectivity index (χ4v) is 0.732.